The zero-order chi connectivity index (χ0) is 20.5. The molecule has 0 bridgehead atoms. The van der Waals surface area contributed by atoms with Crippen LogP contribution in [-0.2, 0) is 0 Å². The quantitative estimate of drug-likeness (QED) is 0.321. The van der Waals surface area contributed by atoms with Crippen LogP contribution in [0, 0.1) is 6.92 Å². The van der Waals surface area contributed by atoms with E-state index in [9.17, 15) is 0 Å². The van der Waals surface area contributed by atoms with E-state index in [-0.39, 0.29) is 0 Å². The van der Waals surface area contributed by atoms with Gasteiger partial charge in [-0.1, -0.05) is 30.3 Å². The Morgan fingerprint density at radius 2 is 1.73 bits per heavy atom. The smallest absolute Gasteiger partial charge is 0.283 e. The van der Waals surface area contributed by atoms with Gasteiger partial charge in [-0.25, -0.2) is 9.97 Å². The normalized spacial score (nSPS) is 11.1. The number of ether oxygens (including phenoxy) is 1. The van der Waals surface area contributed by atoms with E-state index < -0.39 is 0 Å². The SMILES string of the molecule is COc1ccc(-c2nnc(Sc3nc(C)nc4scc(-c5ccccc5)c34)o2)cc1. The van der Waals surface area contributed by atoms with Gasteiger partial charge in [-0.2, -0.15) is 0 Å². The molecule has 0 aliphatic rings. The number of nitrogens with zero attached hydrogens (tertiary/aromatic N) is 4. The molecule has 0 amide bonds. The molecule has 0 radical (unpaired) electrons. The largest absolute Gasteiger partial charge is 0.497 e. The molecule has 30 heavy (non-hydrogen) atoms. The third kappa shape index (κ3) is 3.55. The van der Waals surface area contributed by atoms with Crippen molar-refractivity contribution >= 4 is 33.3 Å². The standard InChI is InChI=1S/C22H16N4O2S2/c1-13-23-20-18(17(12-29-20)14-6-4-3-5-7-14)21(24-13)30-22-26-25-19(28-22)15-8-10-16(27-2)11-9-15/h3-12H,1-2H3. The monoisotopic (exact) mass is 432 g/mol. The number of benzene rings is 2. The summed E-state index contributed by atoms with van der Waals surface area (Å²) in [6.07, 6.45) is 0. The van der Waals surface area contributed by atoms with E-state index in [1.54, 1.807) is 18.4 Å². The van der Waals surface area contributed by atoms with Crippen LogP contribution < -0.4 is 4.74 Å². The Kier molecular flexibility index (Phi) is 4.94. The number of aromatic nitrogens is 4. The fraction of sp³-hybridized carbons (Fsp3) is 0.0909. The van der Waals surface area contributed by atoms with Crippen molar-refractivity contribution < 1.29 is 9.15 Å². The predicted octanol–water partition coefficient (Wildman–Crippen LogP) is 5.88. The van der Waals surface area contributed by atoms with Gasteiger partial charge in [0.25, 0.3) is 5.22 Å². The molecule has 0 aliphatic carbocycles. The van der Waals surface area contributed by atoms with Gasteiger partial charge in [-0.3, -0.25) is 0 Å². The predicted molar refractivity (Wildman–Crippen MR) is 118 cm³/mol. The maximum absolute atomic E-state index is 5.90. The van der Waals surface area contributed by atoms with E-state index in [1.165, 1.54) is 11.8 Å². The van der Waals surface area contributed by atoms with Gasteiger partial charge in [0.2, 0.25) is 5.89 Å². The summed E-state index contributed by atoms with van der Waals surface area (Å²) in [6, 6.07) is 17.7. The molecule has 0 saturated carbocycles. The summed E-state index contributed by atoms with van der Waals surface area (Å²) < 4.78 is 11.1. The molecule has 3 heterocycles. The zero-order valence-corrected chi connectivity index (χ0v) is 17.8. The van der Waals surface area contributed by atoms with E-state index in [4.69, 9.17) is 9.15 Å². The second-order valence-corrected chi connectivity index (χ2v) is 8.27. The van der Waals surface area contributed by atoms with Crippen LogP contribution in [0.25, 0.3) is 32.8 Å². The van der Waals surface area contributed by atoms with Crippen molar-refractivity contribution in [3.8, 4) is 28.3 Å². The molecule has 5 aromatic rings. The fourth-order valence-corrected chi connectivity index (χ4v) is 5.01. The van der Waals surface area contributed by atoms with Crippen molar-refractivity contribution in [1.82, 2.24) is 20.2 Å². The van der Waals surface area contributed by atoms with Crippen molar-refractivity contribution in [3.63, 3.8) is 0 Å². The first-order chi connectivity index (χ1) is 14.7. The van der Waals surface area contributed by atoms with Gasteiger partial charge in [0.1, 0.15) is 21.4 Å². The molecular formula is C22H16N4O2S2. The summed E-state index contributed by atoms with van der Waals surface area (Å²) in [5, 5.41) is 12.8. The number of hydrogen-bond donors (Lipinski definition) is 0. The minimum Gasteiger partial charge on any atom is -0.497 e. The Hall–Kier alpha value is -3.23. The number of rotatable bonds is 5. The van der Waals surface area contributed by atoms with Gasteiger partial charge >= 0.3 is 0 Å². The molecule has 8 heteroatoms. The van der Waals surface area contributed by atoms with Crippen LogP contribution in [0.3, 0.4) is 0 Å². The van der Waals surface area contributed by atoms with Crippen LogP contribution in [0.15, 0.2) is 74.6 Å². The van der Waals surface area contributed by atoms with Gasteiger partial charge < -0.3 is 9.15 Å². The number of hydrogen-bond acceptors (Lipinski definition) is 8. The van der Waals surface area contributed by atoms with Gasteiger partial charge in [0.05, 0.1) is 12.5 Å². The Labute approximate surface area is 181 Å². The molecule has 0 aliphatic heterocycles. The minimum absolute atomic E-state index is 0.436. The summed E-state index contributed by atoms with van der Waals surface area (Å²) >= 11 is 2.97. The molecule has 148 valence electrons. The Morgan fingerprint density at radius 1 is 0.933 bits per heavy atom. The average molecular weight is 433 g/mol. The van der Waals surface area contributed by atoms with Crippen LogP contribution in [0.2, 0.25) is 0 Å². The second-order valence-electron chi connectivity index (χ2n) is 6.48. The molecule has 5 rings (SSSR count). The molecule has 3 aromatic heterocycles. The Bertz CT molecular complexity index is 1310. The zero-order valence-electron chi connectivity index (χ0n) is 16.2. The van der Waals surface area contributed by atoms with E-state index >= 15 is 0 Å². The van der Waals surface area contributed by atoms with Crippen molar-refractivity contribution in [2.45, 2.75) is 17.2 Å². The molecule has 2 aromatic carbocycles. The lowest BCUT2D eigenvalue weighted by Gasteiger charge is -2.04. The van der Waals surface area contributed by atoms with Gasteiger partial charge in [0.15, 0.2) is 0 Å². The molecule has 6 nitrogen and oxygen atoms in total. The lowest BCUT2D eigenvalue weighted by Crippen LogP contribution is -1.91. The lowest BCUT2D eigenvalue weighted by molar-refractivity contribution is 0.414. The minimum atomic E-state index is 0.436. The van der Waals surface area contributed by atoms with E-state index in [0.29, 0.717) is 16.9 Å². The lowest BCUT2D eigenvalue weighted by atomic mass is 10.1. The van der Waals surface area contributed by atoms with Gasteiger partial charge in [0, 0.05) is 16.5 Å². The van der Waals surface area contributed by atoms with Crippen LogP contribution >= 0.6 is 23.1 Å². The third-order valence-corrected chi connectivity index (χ3v) is 6.22. The van der Waals surface area contributed by atoms with Gasteiger partial charge in [-0.15, -0.1) is 21.5 Å². The Morgan fingerprint density at radius 3 is 2.50 bits per heavy atom. The number of aryl methyl sites for hydroxylation is 1. The van der Waals surface area contributed by atoms with Crippen LogP contribution in [0.5, 0.6) is 5.75 Å². The van der Waals surface area contributed by atoms with Crippen LogP contribution in [0.4, 0.5) is 0 Å². The highest BCUT2D eigenvalue weighted by atomic mass is 32.2. The van der Waals surface area contributed by atoms with Crippen LogP contribution in [0.1, 0.15) is 5.82 Å². The molecule has 0 N–H and O–H groups in total. The fourth-order valence-electron chi connectivity index (χ4n) is 3.10. The molecule has 0 unspecified atom stereocenters. The number of methoxy groups -OCH3 is 1. The third-order valence-electron chi connectivity index (χ3n) is 4.52. The first-order valence-corrected chi connectivity index (χ1v) is 10.9. The first kappa shape index (κ1) is 18.8. The first-order valence-electron chi connectivity index (χ1n) is 9.18. The highest BCUT2D eigenvalue weighted by Crippen LogP contribution is 2.40. The van der Waals surface area contributed by atoms with E-state index in [2.05, 4.69) is 37.7 Å². The van der Waals surface area contributed by atoms with Crippen molar-refractivity contribution in [3.05, 3.63) is 65.8 Å². The highest BCUT2D eigenvalue weighted by molar-refractivity contribution is 7.99. The Balaban J connectivity index is 1.52. The molecule has 0 fully saturated rings. The van der Waals surface area contributed by atoms with Gasteiger partial charge in [-0.05, 0) is 48.5 Å². The molecule has 0 atom stereocenters. The van der Waals surface area contributed by atoms with Crippen LogP contribution in [-0.4, -0.2) is 27.3 Å². The number of fused-ring (bicyclic) bond motifs is 1. The molecule has 0 spiro atoms. The van der Waals surface area contributed by atoms with E-state index in [0.717, 1.165) is 37.7 Å². The average Bonchev–Trinajstić information content (AvgIpc) is 3.42. The topological polar surface area (TPSA) is 73.9 Å². The highest BCUT2D eigenvalue weighted by Gasteiger charge is 2.18. The maximum Gasteiger partial charge on any atom is 0.283 e. The molecular weight excluding hydrogens is 416 g/mol. The maximum atomic E-state index is 5.90. The molecule has 0 saturated heterocycles. The van der Waals surface area contributed by atoms with Crippen molar-refractivity contribution in [1.29, 1.82) is 0 Å². The number of thiophene rings is 1. The summed E-state index contributed by atoms with van der Waals surface area (Å²) in [5.74, 6) is 1.94. The summed E-state index contributed by atoms with van der Waals surface area (Å²) in [4.78, 5) is 10.2. The van der Waals surface area contributed by atoms with Crippen molar-refractivity contribution in [2.75, 3.05) is 7.11 Å². The van der Waals surface area contributed by atoms with Crippen molar-refractivity contribution in [2.24, 2.45) is 0 Å². The second kappa shape index (κ2) is 7.89. The summed E-state index contributed by atoms with van der Waals surface area (Å²) in [5.41, 5.74) is 3.06. The summed E-state index contributed by atoms with van der Waals surface area (Å²) in [6.45, 7) is 1.89. The summed E-state index contributed by atoms with van der Waals surface area (Å²) in [7, 11) is 1.63. The van der Waals surface area contributed by atoms with E-state index in [1.807, 2.05) is 49.4 Å².